The van der Waals surface area contributed by atoms with Gasteiger partial charge >= 0.3 is 0 Å². The second-order valence-corrected chi connectivity index (χ2v) is 5.19. The molecular formula is C15H21FN2O3. The lowest BCUT2D eigenvalue weighted by Crippen LogP contribution is -2.51. The zero-order valence-electron chi connectivity index (χ0n) is 11.8. The standard InChI is InChI=1S/C15H21FN2O3/c16-12-4-2-1-3-11(12)15(20)18-13-6-5-10(7-8-17)21-14(13)9-19/h1-4,10,13-14,19H,5-9,17H2,(H,18,20)/t10-,13-,14-/m1/s1. The average Bonchev–Trinajstić information content (AvgIpc) is 2.49. The fourth-order valence-corrected chi connectivity index (χ4v) is 2.59. The van der Waals surface area contributed by atoms with Gasteiger partial charge in [0, 0.05) is 0 Å². The number of aliphatic hydroxyl groups is 1. The lowest BCUT2D eigenvalue weighted by molar-refractivity contribution is -0.0889. The number of nitrogens with two attached hydrogens (primary N) is 1. The van der Waals surface area contributed by atoms with E-state index in [-0.39, 0.29) is 24.3 Å². The van der Waals surface area contributed by atoms with E-state index < -0.39 is 17.8 Å². The molecule has 0 radical (unpaired) electrons. The molecule has 1 aromatic carbocycles. The van der Waals surface area contributed by atoms with Gasteiger partial charge in [-0.25, -0.2) is 4.39 Å². The summed E-state index contributed by atoms with van der Waals surface area (Å²) in [6.45, 7) is 0.332. The molecule has 4 N–H and O–H groups in total. The molecule has 5 nitrogen and oxygen atoms in total. The van der Waals surface area contributed by atoms with Crippen LogP contribution in [0.3, 0.4) is 0 Å². The fraction of sp³-hybridized carbons (Fsp3) is 0.533. The number of hydrogen-bond donors (Lipinski definition) is 3. The Morgan fingerprint density at radius 1 is 1.43 bits per heavy atom. The number of ether oxygens (including phenoxy) is 1. The molecule has 116 valence electrons. The van der Waals surface area contributed by atoms with Crippen molar-refractivity contribution < 1.29 is 19.0 Å². The smallest absolute Gasteiger partial charge is 0.254 e. The topological polar surface area (TPSA) is 84.6 Å². The van der Waals surface area contributed by atoms with E-state index in [1.165, 1.54) is 18.2 Å². The van der Waals surface area contributed by atoms with Gasteiger partial charge in [0.15, 0.2) is 0 Å². The molecule has 0 spiro atoms. The number of aliphatic hydroxyl groups excluding tert-OH is 1. The van der Waals surface area contributed by atoms with Crippen molar-refractivity contribution in [1.82, 2.24) is 5.32 Å². The number of rotatable bonds is 5. The molecule has 0 bridgehead atoms. The minimum atomic E-state index is -0.562. The van der Waals surface area contributed by atoms with Crippen LogP contribution in [0.2, 0.25) is 0 Å². The third kappa shape index (κ3) is 4.00. The molecule has 21 heavy (non-hydrogen) atoms. The normalized spacial score (nSPS) is 25.6. The summed E-state index contributed by atoms with van der Waals surface area (Å²) in [5.41, 5.74) is 5.50. The maximum absolute atomic E-state index is 13.6. The van der Waals surface area contributed by atoms with Gasteiger partial charge < -0.3 is 20.9 Å². The Balaban J connectivity index is 1.99. The van der Waals surface area contributed by atoms with Gasteiger partial charge in [0.05, 0.1) is 24.3 Å². The summed E-state index contributed by atoms with van der Waals surface area (Å²) in [4.78, 5) is 12.1. The highest BCUT2D eigenvalue weighted by Crippen LogP contribution is 2.22. The number of halogens is 1. The minimum absolute atomic E-state index is 0.00160. The molecule has 0 unspecified atom stereocenters. The average molecular weight is 296 g/mol. The van der Waals surface area contributed by atoms with E-state index in [1.807, 2.05) is 0 Å². The maximum Gasteiger partial charge on any atom is 0.254 e. The van der Waals surface area contributed by atoms with Gasteiger partial charge in [-0.2, -0.15) is 0 Å². The molecule has 1 aliphatic heterocycles. The third-order valence-corrected chi connectivity index (χ3v) is 3.72. The lowest BCUT2D eigenvalue weighted by atomic mass is 9.96. The summed E-state index contributed by atoms with van der Waals surface area (Å²) < 4.78 is 19.3. The van der Waals surface area contributed by atoms with Crippen LogP contribution in [0.1, 0.15) is 29.6 Å². The first-order chi connectivity index (χ1) is 10.2. The minimum Gasteiger partial charge on any atom is -0.394 e. The Morgan fingerprint density at radius 2 is 2.19 bits per heavy atom. The first-order valence-electron chi connectivity index (χ1n) is 7.17. The number of carbonyl (C=O) groups excluding carboxylic acids is 1. The number of nitrogens with one attached hydrogen (secondary N) is 1. The molecule has 1 heterocycles. The summed E-state index contributed by atoms with van der Waals surface area (Å²) >= 11 is 0. The van der Waals surface area contributed by atoms with Crippen LogP contribution in [0.5, 0.6) is 0 Å². The second kappa shape index (κ2) is 7.49. The van der Waals surface area contributed by atoms with Crippen molar-refractivity contribution in [3.8, 4) is 0 Å². The highest BCUT2D eigenvalue weighted by molar-refractivity contribution is 5.94. The SMILES string of the molecule is NCC[C@H]1CC[C@@H](NC(=O)c2ccccc2F)[C@@H](CO)O1. The Labute approximate surface area is 123 Å². The summed E-state index contributed by atoms with van der Waals surface area (Å²) in [5, 5.41) is 12.1. The molecule has 1 aliphatic rings. The van der Waals surface area contributed by atoms with Crippen LogP contribution in [0.4, 0.5) is 4.39 Å². The van der Waals surface area contributed by atoms with Crippen LogP contribution in [0.25, 0.3) is 0 Å². The largest absolute Gasteiger partial charge is 0.394 e. The number of carbonyl (C=O) groups is 1. The zero-order chi connectivity index (χ0) is 15.2. The molecule has 1 saturated heterocycles. The van der Waals surface area contributed by atoms with Gasteiger partial charge in [-0.15, -0.1) is 0 Å². The van der Waals surface area contributed by atoms with E-state index >= 15 is 0 Å². The fourth-order valence-electron chi connectivity index (χ4n) is 2.59. The lowest BCUT2D eigenvalue weighted by Gasteiger charge is -2.36. The second-order valence-electron chi connectivity index (χ2n) is 5.19. The molecule has 3 atom stereocenters. The van der Waals surface area contributed by atoms with E-state index in [1.54, 1.807) is 6.07 Å². The van der Waals surface area contributed by atoms with Crippen LogP contribution >= 0.6 is 0 Å². The van der Waals surface area contributed by atoms with E-state index in [2.05, 4.69) is 5.32 Å². The van der Waals surface area contributed by atoms with Crippen molar-refractivity contribution in [2.45, 2.75) is 37.5 Å². The van der Waals surface area contributed by atoms with Gasteiger partial charge in [-0.1, -0.05) is 12.1 Å². The predicted molar refractivity (Wildman–Crippen MR) is 76.3 cm³/mol. The van der Waals surface area contributed by atoms with Crippen molar-refractivity contribution >= 4 is 5.91 Å². The van der Waals surface area contributed by atoms with Crippen LogP contribution in [0.15, 0.2) is 24.3 Å². The molecule has 0 aromatic heterocycles. The molecule has 1 fully saturated rings. The maximum atomic E-state index is 13.6. The number of amides is 1. The first kappa shape index (κ1) is 15.9. The molecule has 1 aromatic rings. The number of hydrogen-bond acceptors (Lipinski definition) is 4. The van der Waals surface area contributed by atoms with Crippen LogP contribution < -0.4 is 11.1 Å². The molecule has 6 heteroatoms. The number of benzene rings is 1. The van der Waals surface area contributed by atoms with Crippen molar-refractivity contribution in [1.29, 1.82) is 0 Å². The highest BCUT2D eigenvalue weighted by atomic mass is 19.1. The highest BCUT2D eigenvalue weighted by Gasteiger charge is 2.32. The van der Waals surface area contributed by atoms with Gasteiger partial charge in [-0.05, 0) is 37.9 Å². The Kier molecular flexibility index (Phi) is 5.67. The quantitative estimate of drug-likeness (QED) is 0.751. The molecule has 0 saturated carbocycles. The van der Waals surface area contributed by atoms with Crippen molar-refractivity contribution in [2.24, 2.45) is 5.73 Å². The zero-order valence-corrected chi connectivity index (χ0v) is 11.8. The van der Waals surface area contributed by atoms with E-state index in [9.17, 15) is 14.3 Å². The molecule has 1 amide bonds. The van der Waals surface area contributed by atoms with Crippen molar-refractivity contribution in [2.75, 3.05) is 13.2 Å². The Bertz CT molecular complexity index is 484. The third-order valence-electron chi connectivity index (χ3n) is 3.72. The van der Waals surface area contributed by atoms with Crippen LogP contribution in [0, 0.1) is 5.82 Å². The summed E-state index contributed by atoms with van der Waals surface area (Å²) in [6.07, 6.45) is 1.69. The van der Waals surface area contributed by atoms with Crippen LogP contribution in [-0.2, 0) is 4.74 Å². The van der Waals surface area contributed by atoms with Crippen LogP contribution in [-0.4, -0.2) is 42.4 Å². The van der Waals surface area contributed by atoms with E-state index in [0.717, 1.165) is 12.8 Å². The summed E-state index contributed by atoms with van der Waals surface area (Å²) in [5.74, 6) is -1.05. The van der Waals surface area contributed by atoms with Gasteiger partial charge in [-0.3, -0.25) is 4.79 Å². The van der Waals surface area contributed by atoms with Crippen molar-refractivity contribution in [3.63, 3.8) is 0 Å². The van der Waals surface area contributed by atoms with E-state index in [0.29, 0.717) is 13.0 Å². The molecule has 0 aliphatic carbocycles. The van der Waals surface area contributed by atoms with Gasteiger partial charge in [0.2, 0.25) is 0 Å². The van der Waals surface area contributed by atoms with E-state index in [4.69, 9.17) is 10.5 Å². The summed E-state index contributed by atoms with van der Waals surface area (Å²) in [6, 6.07) is 5.49. The van der Waals surface area contributed by atoms with Crippen molar-refractivity contribution in [3.05, 3.63) is 35.6 Å². The first-order valence-corrected chi connectivity index (χ1v) is 7.17. The van der Waals surface area contributed by atoms with Gasteiger partial charge in [0.25, 0.3) is 5.91 Å². The molecular weight excluding hydrogens is 275 g/mol. The van der Waals surface area contributed by atoms with Gasteiger partial charge in [0.1, 0.15) is 11.9 Å². The molecule has 2 rings (SSSR count). The summed E-state index contributed by atoms with van der Waals surface area (Å²) in [7, 11) is 0. The monoisotopic (exact) mass is 296 g/mol. The predicted octanol–water partition coefficient (Wildman–Crippen LogP) is 0.813. The Hall–Kier alpha value is -1.50. The Morgan fingerprint density at radius 3 is 2.86 bits per heavy atom.